The summed E-state index contributed by atoms with van der Waals surface area (Å²) < 4.78 is 0. The Morgan fingerprint density at radius 2 is 1.77 bits per heavy atom. The third-order valence-electron chi connectivity index (χ3n) is 5.13. The number of aromatic nitrogens is 1. The van der Waals surface area contributed by atoms with Gasteiger partial charge in [0.1, 0.15) is 0 Å². The van der Waals surface area contributed by atoms with E-state index in [0.717, 1.165) is 12.3 Å². The average molecular weight is 292 g/mol. The Hall–Kier alpha value is -1.63. The number of rotatable bonds is 7. The van der Waals surface area contributed by atoms with E-state index in [0.29, 0.717) is 5.92 Å². The molecule has 0 bridgehead atoms. The van der Waals surface area contributed by atoms with E-state index in [1.54, 1.807) is 5.92 Å². The molecule has 0 N–H and O–H groups in total. The van der Waals surface area contributed by atoms with Gasteiger partial charge < -0.3 is 0 Å². The highest BCUT2D eigenvalue weighted by atomic mass is 14.6. The Labute approximate surface area is 134 Å². The van der Waals surface area contributed by atoms with E-state index in [2.05, 4.69) is 54.4 Å². The van der Waals surface area contributed by atoms with Gasteiger partial charge in [-0.3, -0.25) is 4.98 Å². The maximum absolute atomic E-state index is 4.11. The topological polar surface area (TPSA) is 12.9 Å². The van der Waals surface area contributed by atoms with Crippen molar-refractivity contribution in [2.24, 2.45) is 11.8 Å². The molecule has 0 aliphatic heterocycles. The zero-order valence-corrected chi connectivity index (χ0v) is 13.5. The van der Waals surface area contributed by atoms with E-state index in [4.69, 9.17) is 0 Å². The molecule has 0 spiro atoms. The van der Waals surface area contributed by atoms with Crippen molar-refractivity contribution in [3.63, 3.8) is 0 Å². The van der Waals surface area contributed by atoms with Crippen molar-refractivity contribution in [1.29, 1.82) is 0 Å². The molecule has 1 aromatic carbocycles. The first kappa shape index (κ1) is 15.3. The van der Waals surface area contributed by atoms with E-state index in [9.17, 15) is 0 Å². The zero-order chi connectivity index (χ0) is 15.2. The van der Waals surface area contributed by atoms with Crippen LogP contribution in [0.25, 0.3) is 0 Å². The lowest BCUT2D eigenvalue weighted by molar-refractivity contribution is 0.277. The van der Waals surface area contributed by atoms with Crippen molar-refractivity contribution < 1.29 is 0 Å². The monoisotopic (exact) mass is 292 g/mol. The van der Waals surface area contributed by atoms with Gasteiger partial charge in [-0.2, -0.15) is 0 Å². The molecule has 2 aromatic rings. The summed E-state index contributed by atoms with van der Waals surface area (Å²) in [6, 6.07) is 15.3. The van der Waals surface area contributed by atoms with Gasteiger partial charge in [-0.25, -0.2) is 0 Å². The summed E-state index contributed by atoms with van der Waals surface area (Å²) in [6.07, 6.45) is 11.6. The molecule has 1 aliphatic carbocycles. The summed E-state index contributed by atoms with van der Waals surface area (Å²) >= 11 is 0. The molecule has 1 fully saturated rings. The highest BCUT2D eigenvalue weighted by molar-refractivity contribution is 5.22. The van der Waals surface area contributed by atoms with E-state index in [1.165, 1.54) is 43.2 Å². The lowest BCUT2D eigenvalue weighted by atomic mass is 9.68. The maximum Gasteiger partial charge on any atom is 0.0270 e. The molecule has 115 valence electrons. The molecule has 1 radical (unpaired) electrons. The minimum atomic E-state index is 0.707. The number of aryl methyl sites for hydroxylation is 1. The molecule has 1 aliphatic rings. The van der Waals surface area contributed by atoms with Gasteiger partial charge >= 0.3 is 0 Å². The van der Waals surface area contributed by atoms with Gasteiger partial charge in [0.25, 0.3) is 0 Å². The van der Waals surface area contributed by atoms with Gasteiger partial charge in [0.2, 0.25) is 0 Å². The number of hydrogen-bond acceptors (Lipinski definition) is 1. The van der Waals surface area contributed by atoms with Gasteiger partial charge in [0.15, 0.2) is 0 Å². The predicted molar refractivity (Wildman–Crippen MR) is 92.5 cm³/mol. The summed E-state index contributed by atoms with van der Waals surface area (Å²) in [7, 11) is 0. The van der Waals surface area contributed by atoms with Crippen LogP contribution < -0.4 is 0 Å². The molecule has 22 heavy (non-hydrogen) atoms. The largest absolute Gasteiger partial charge is 0.265 e. The maximum atomic E-state index is 4.11. The van der Waals surface area contributed by atoms with E-state index < -0.39 is 0 Å². The highest BCUT2D eigenvalue weighted by Gasteiger charge is 2.31. The molecule has 1 nitrogen and oxygen atoms in total. The van der Waals surface area contributed by atoms with Crippen LogP contribution in [0.4, 0.5) is 0 Å². The highest BCUT2D eigenvalue weighted by Crippen LogP contribution is 2.41. The number of nitrogens with zero attached hydrogens (tertiary/aromatic N) is 1. The van der Waals surface area contributed by atoms with Crippen molar-refractivity contribution in [3.05, 3.63) is 71.9 Å². The van der Waals surface area contributed by atoms with Crippen LogP contribution in [0.2, 0.25) is 0 Å². The van der Waals surface area contributed by atoms with Crippen LogP contribution in [0.3, 0.4) is 0 Å². The molecule has 0 saturated heterocycles. The van der Waals surface area contributed by atoms with Gasteiger partial charge in [0.05, 0.1) is 0 Å². The van der Waals surface area contributed by atoms with Crippen LogP contribution >= 0.6 is 0 Å². The van der Waals surface area contributed by atoms with Gasteiger partial charge in [-0.05, 0) is 73.1 Å². The Morgan fingerprint density at radius 3 is 2.41 bits per heavy atom. The summed E-state index contributed by atoms with van der Waals surface area (Å²) in [4.78, 5) is 4.11. The second-order valence-electron chi connectivity index (χ2n) is 6.66. The molecule has 0 amide bonds. The second kappa shape index (κ2) is 7.58. The standard InChI is InChI=1S/C21H26N/c1-17(10-11-18-12-14-22-15-13-18)21(20-8-5-9-20)16-19-6-3-2-4-7-19/h2-4,6-7,12-15,17,20H,5,8-11,16H2,1H3. The first-order valence-corrected chi connectivity index (χ1v) is 8.61. The smallest absolute Gasteiger partial charge is 0.0270 e. The quantitative estimate of drug-likeness (QED) is 0.677. The van der Waals surface area contributed by atoms with Crippen LogP contribution in [0, 0.1) is 17.8 Å². The number of pyridine rings is 1. The molecule has 3 rings (SSSR count). The Kier molecular flexibility index (Phi) is 5.26. The number of benzene rings is 1. The van der Waals surface area contributed by atoms with Crippen molar-refractivity contribution in [2.75, 3.05) is 0 Å². The minimum Gasteiger partial charge on any atom is -0.265 e. The normalized spacial score (nSPS) is 16.5. The Bertz CT molecular complexity index is 545. The minimum absolute atomic E-state index is 0.707. The zero-order valence-electron chi connectivity index (χ0n) is 13.5. The third-order valence-corrected chi connectivity index (χ3v) is 5.13. The second-order valence-corrected chi connectivity index (χ2v) is 6.66. The molecule has 1 atom stereocenters. The van der Waals surface area contributed by atoms with Crippen LogP contribution in [0.15, 0.2) is 54.9 Å². The number of hydrogen-bond donors (Lipinski definition) is 0. The Balaban J connectivity index is 1.61. The first-order chi connectivity index (χ1) is 10.8. The fourth-order valence-electron chi connectivity index (χ4n) is 3.45. The lowest BCUT2D eigenvalue weighted by Crippen LogP contribution is -2.27. The predicted octanol–water partition coefficient (Wildman–Crippen LogP) is 5.27. The van der Waals surface area contributed by atoms with Crippen LogP contribution in [0.5, 0.6) is 0 Å². The van der Waals surface area contributed by atoms with Crippen LogP contribution in [-0.2, 0) is 12.8 Å². The summed E-state index contributed by atoms with van der Waals surface area (Å²) in [5.41, 5.74) is 2.88. The fraction of sp³-hybridized carbons (Fsp3) is 0.429. The molecule has 1 heterocycles. The molecule has 1 aromatic heterocycles. The average Bonchev–Trinajstić information content (AvgIpc) is 2.52. The van der Waals surface area contributed by atoms with Crippen molar-refractivity contribution in [3.8, 4) is 0 Å². The van der Waals surface area contributed by atoms with Crippen molar-refractivity contribution >= 4 is 0 Å². The molecule has 1 saturated carbocycles. The summed E-state index contributed by atoms with van der Waals surface area (Å²) in [6.45, 7) is 2.43. The van der Waals surface area contributed by atoms with Gasteiger partial charge in [-0.1, -0.05) is 43.7 Å². The van der Waals surface area contributed by atoms with Crippen LogP contribution in [-0.4, -0.2) is 4.98 Å². The van der Waals surface area contributed by atoms with Crippen LogP contribution in [0.1, 0.15) is 43.7 Å². The van der Waals surface area contributed by atoms with E-state index >= 15 is 0 Å². The molecular formula is C21H26N. The van der Waals surface area contributed by atoms with Gasteiger partial charge in [0, 0.05) is 12.4 Å². The molecule has 1 heteroatoms. The van der Waals surface area contributed by atoms with E-state index in [-0.39, 0.29) is 0 Å². The first-order valence-electron chi connectivity index (χ1n) is 8.61. The molecular weight excluding hydrogens is 266 g/mol. The van der Waals surface area contributed by atoms with E-state index in [1.807, 2.05) is 12.4 Å². The molecule has 1 unspecified atom stereocenters. The lowest BCUT2D eigenvalue weighted by Gasteiger charge is -2.37. The summed E-state index contributed by atoms with van der Waals surface area (Å²) in [5, 5.41) is 0. The Morgan fingerprint density at radius 1 is 1.05 bits per heavy atom. The SMILES string of the molecule is CC(CCc1ccncc1)[C](Cc1ccccc1)C1CCC1. The third kappa shape index (κ3) is 3.97. The summed E-state index contributed by atoms with van der Waals surface area (Å²) in [5.74, 6) is 3.36. The van der Waals surface area contributed by atoms with Crippen molar-refractivity contribution in [2.45, 2.75) is 45.4 Å². The van der Waals surface area contributed by atoms with Crippen molar-refractivity contribution in [1.82, 2.24) is 4.98 Å². The van der Waals surface area contributed by atoms with Gasteiger partial charge in [-0.15, -0.1) is 0 Å². The fourth-order valence-corrected chi connectivity index (χ4v) is 3.45.